The molecule has 6 aromatic rings. The summed E-state index contributed by atoms with van der Waals surface area (Å²) in [6, 6.07) is 29.0. The first-order chi connectivity index (χ1) is 14.8. The molecule has 4 nitrogen and oxygen atoms in total. The summed E-state index contributed by atoms with van der Waals surface area (Å²) in [5.41, 5.74) is 6.62. The van der Waals surface area contributed by atoms with Crippen LogP contribution in [0.2, 0.25) is 5.28 Å². The standard InChI is InChI=1S/C25H15ClN4/c26-25-28-20-10-6-14-27-24(20)23(29-25)16-12-13-22-19(15-16)18-9-4-5-11-21(18)30(22)17-7-2-1-3-8-17/h1-15H. The van der Waals surface area contributed by atoms with Crippen LogP contribution in [0.5, 0.6) is 0 Å². The second-order valence-corrected chi connectivity index (χ2v) is 7.47. The van der Waals surface area contributed by atoms with E-state index >= 15 is 0 Å². The van der Waals surface area contributed by atoms with Crippen molar-refractivity contribution in [3.8, 4) is 16.9 Å². The quantitative estimate of drug-likeness (QED) is 0.311. The molecule has 3 aromatic heterocycles. The minimum Gasteiger partial charge on any atom is -0.309 e. The van der Waals surface area contributed by atoms with Crippen molar-refractivity contribution in [3.63, 3.8) is 0 Å². The Morgan fingerprint density at radius 2 is 1.50 bits per heavy atom. The Bertz CT molecular complexity index is 1550. The van der Waals surface area contributed by atoms with Gasteiger partial charge in [-0.15, -0.1) is 0 Å². The largest absolute Gasteiger partial charge is 0.309 e. The summed E-state index contributed by atoms with van der Waals surface area (Å²) in [6.07, 6.45) is 1.75. The third-order valence-electron chi connectivity index (χ3n) is 5.39. The van der Waals surface area contributed by atoms with Gasteiger partial charge < -0.3 is 4.57 Å². The van der Waals surface area contributed by atoms with Crippen LogP contribution in [0.15, 0.2) is 91.1 Å². The van der Waals surface area contributed by atoms with Crippen molar-refractivity contribution in [1.29, 1.82) is 0 Å². The van der Waals surface area contributed by atoms with Crippen molar-refractivity contribution in [2.24, 2.45) is 0 Å². The van der Waals surface area contributed by atoms with E-state index < -0.39 is 0 Å². The lowest BCUT2D eigenvalue weighted by Gasteiger charge is -2.08. The number of halogens is 1. The van der Waals surface area contributed by atoms with Crippen LogP contribution in [0.4, 0.5) is 0 Å². The smallest absolute Gasteiger partial charge is 0.223 e. The molecule has 0 saturated heterocycles. The number of nitrogens with zero attached hydrogens (tertiary/aromatic N) is 4. The second kappa shape index (κ2) is 6.65. The van der Waals surface area contributed by atoms with Crippen molar-refractivity contribution < 1.29 is 0 Å². The lowest BCUT2D eigenvalue weighted by atomic mass is 10.1. The van der Waals surface area contributed by atoms with Gasteiger partial charge in [0.2, 0.25) is 5.28 Å². The van der Waals surface area contributed by atoms with Crippen molar-refractivity contribution in [2.45, 2.75) is 0 Å². The van der Waals surface area contributed by atoms with E-state index in [4.69, 9.17) is 11.6 Å². The number of fused-ring (bicyclic) bond motifs is 4. The molecule has 142 valence electrons. The fraction of sp³-hybridized carbons (Fsp3) is 0. The van der Waals surface area contributed by atoms with Gasteiger partial charge in [-0.25, -0.2) is 9.97 Å². The SMILES string of the molecule is Clc1nc(-c2ccc3c(c2)c2ccccc2n3-c2ccccc2)c2ncccc2n1. The molecule has 0 N–H and O–H groups in total. The molecule has 5 heteroatoms. The van der Waals surface area contributed by atoms with E-state index in [0.717, 1.165) is 38.9 Å². The summed E-state index contributed by atoms with van der Waals surface area (Å²) in [7, 11) is 0. The summed E-state index contributed by atoms with van der Waals surface area (Å²) in [5.74, 6) is 0. The van der Waals surface area contributed by atoms with Gasteiger partial charge in [-0.2, -0.15) is 0 Å². The summed E-state index contributed by atoms with van der Waals surface area (Å²) >= 11 is 6.22. The van der Waals surface area contributed by atoms with Crippen LogP contribution >= 0.6 is 11.6 Å². The third-order valence-corrected chi connectivity index (χ3v) is 5.56. The van der Waals surface area contributed by atoms with Gasteiger partial charge in [-0.05, 0) is 54.1 Å². The molecule has 0 aliphatic heterocycles. The third kappa shape index (κ3) is 2.58. The van der Waals surface area contributed by atoms with E-state index in [-0.39, 0.29) is 5.28 Å². The van der Waals surface area contributed by atoms with Gasteiger partial charge in [0, 0.05) is 28.2 Å². The van der Waals surface area contributed by atoms with Crippen molar-refractivity contribution in [2.75, 3.05) is 0 Å². The van der Waals surface area contributed by atoms with Crippen molar-refractivity contribution in [1.82, 2.24) is 19.5 Å². The lowest BCUT2D eigenvalue weighted by Crippen LogP contribution is -1.94. The molecule has 0 unspecified atom stereocenters. The van der Waals surface area contributed by atoms with Crippen LogP contribution in [0.25, 0.3) is 49.8 Å². The first kappa shape index (κ1) is 17.1. The number of aromatic nitrogens is 4. The molecule has 6 rings (SSSR count). The molecule has 0 fully saturated rings. The van der Waals surface area contributed by atoms with Crippen LogP contribution in [0.3, 0.4) is 0 Å². The van der Waals surface area contributed by atoms with Gasteiger partial charge in [0.25, 0.3) is 0 Å². The number of para-hydroxylation sites is 2. The zero-order chi connectivity index (χ0) is 20.1. The fourth-order valence-corrected chi connectivity index (χ4v) is 4.29. The summed E-state index contributed by atoms with van der Waals surface area (Å²) in [4.78, 5) is 13.3. The van der Waals surface area contributed by atoms with E-state index in [2.05, 4.69) is 86.2 Å². The van der Waals surface area contributed by atoms with Crippen molar-refractivity contribution >= 4 is 44.4 Å². The van der Waals surface area contributed by atoms with E-state index in [1.54, 1.807) is 6.20 Å². The maximum atomic E-state index is 6.22. The fourth-order valence-electron chi connectivity index (χ4n) is 4.12. The highest BCUT2D eigenvalue weighted by molar-refractivity contribution is 6.28. The number of hydrogen-bond acceptors (Lipinski definition) is 3. The Hall–Kier alpha value is -3.76. The Morgan fingerprint density at radius 3 is 2.40 bits per heavy atom. The molecule has 0 spiro atoms. The molecule has 0 atom stereocenters. The molecule has 0 radical (unpaired) electrons. The molecule has 0 saturated carbocycles. The summed E-state index contributed by atoms with van der Waals surface area (Å²) in [5, 5.41) is 2.57. The molecule has 3 aromatic carbocycles. The molecule has 30 heavy (non-hydrogen) atoms. The molecular formula is C25H15ClN4. The highest BCUT2D eigenvalue weighted by Crippen LogP contribution is 2.35. The highest BCUT2D eigenvalue weighted by Gasteiger charge is 2.15. The van der Waals surface area contributed by atoms with Crippen LogP contribution in [-0.4, -0.2) is 19.5 Å². The predicted octanol–water partition coefficient (Wildman–Crippen LogP) is 6.44. The van der Waals surface area contributed by atoms with Crippen LogP contribution in [0.1, 0.15) is 0 Å². The zero-order valence-corrected chi connectivity index (χ0v) is 16.6. The van der Waals surface area contributed by atoms with Crippen LogP contribution < -0.4 is 0 Å². The predicted molar refractivity (Wildman–Crippen MR) is 122 cm³/mol. The number of rotatable bonds is 2. The summed E-state index contributed by atoms with van der Waals surface area (Å²) < 4.78 is 2.29. The van der Waals surface area contributed by atoms with Gasteiger partial charge >= 0.3 is 0 Å². The zero-order valence-electron chi connectivity index (χ0n) is 15.8. The monoisotopic (exact) mass is 406 g/mol. The molecule has 0 aliphatic rings. The van der Waals surface area contributed by atoms with Crippen LogP contribution in [0, 0.1) is 0 Å². The Balaban J connectivity index is 1.69. The van der Waals surface area contributed by atoms with E-state index in [1.807, 2.05) is 18.2 Å². The van der Waals surface area contributed by atoms with E-state index in [0.29, 0.717) is 0 Å². The maximum Gasteiger partial charge on any atom is 0.223 e. The van der Waals surface area contributed by atoms with E-state index in [9.17, 15) is 0 Å². The topological polar surface area (TPSA) is 43.6 Å². The highest BCUT2D eigenvalue weighted by atomic mass is 35.5. The van der Waals surface area contributed by atoms with Gasteiger partial charge in [-0.3, -0.25) is 4.98 Å². The molecule has 0 amide bonds. The average molecular weight is 407 g/mol. The minimum atomic E-state index is 0.220. The van der Waals surface area contributed by atoms with Crippen LogP contribution in [-0.2, 0) is 0 Å². The van der Waals surface area contributed by atoms with E-state index in [1.165, 1.54) is 10.9 Å². The molecule has 0 aliphatic carbocycles. The number of hydrogen-bond donors (Lipinski definition) is 0. The minimum absolute atomic E-state index is 0.220. The first-order valence-electron chi connectivity index (χ1n) is 9.67. The maximum absolute atomic E-state index is 6.22. The molecule has 3 heterocycles. The Morgan fingerprint density at radius 1 is 0.700 bits per heavy atom. The van der Waals surface area contributed by atoms with Gasteiger partial charge in [-0.1, -0.05) is 42.5 Å². The molecular weight excluding hydrogens is 392 g/mol. The van der Waals surface area contributed by atoms with Gasteiger partial charge in [0.05, 0.1) is 16.6 Å². The number of pyridine rings is 1. The average Bonchev–Trinajstić information content (AvgIpc) is 3.13. The normalized spacial score (nSPS) is 11.5. The Labute approximate surface area is 177 Å². The Kier molecular flexibility index (Phi) is 3.79. The van der Waals surface area contributed by atoms with Gasteiger partial charge in [0.1, 0.15) is 11.2 Å². The lowest BCUT2D eigenvalue weighted by molar-refractivity contribution is 1.18. The molecule has 0 bridgehead atoms. The first-order valence-corrected chi connectivity index (χ1v) is 10.0. The second-order valence-electron chi connectivity index (χ2n) is 7.13. The van der Waals surface area contributed by atoms with Gasteiger partial charge in [0.15, 0.2) is 0 Å². The number of benzene rings is 3. The summed E-state index contributed by atoms with van der Waals surface area (Å²) in [6.45, 7) is 0. The van der Waals surface area contributed by atoms with Crippen molar-refractivity contribution in [3.05, 3.63) is 96.4 Å².